The molecule has 0 saturated heterocycles. The van der Waals surface area contributed by atoms with Gasteiger partial charge >= 0.3 is 0 Å². The lowest BCUT2D eigenvalue weighted by atomic mass is 10.3. The number of hydrogen-bond donors (Lipinski definition) is 1. The third-order valence-corrected chi connectivity index (χ3v) is 2.44. The molecule has 94 valence electrons. The van der Waals surface area contributed by atoms with E-state index < -0.39 is 0 Å². The summed E-state index contributed by atoms with van der Waals surface area (Å²) in [7, 11) is 1.80. The first-order valence-corrected chi connectivity index (χ1v) is 5.78. The number of carbonyl (C=O) groups is 1. The van der Waals surface area contributed by atoms with Crippen LogP contribution in [-0.2, 0) is 13.5 Å². The number of nitrogens with one attached hydrogen (secondary N) is 1. The van der Waals surface area contributed by atoms with E-state index in [1.54, 1.807) is 36.3 Å². The van der Waals surface area contributed by atoms with Crippen LogP contribution in [0.5, 0.6) is 0 Å². The molecule has 1 amide bonds. The molecule has 7 heteroatoms. The highest BCUT2D eigenvalue weighted by Crippen LogP contribution is 2.04. The Bertz CT molecular complexity index is 554. The maximum Gasteiger partial charge on any atom is 0.269 e. The van der Waals surface area contributed by atoms with Gasteiger partial charge in [-0.15, -0.1) is 0 Å². The fraction of sp³-hybridized carbons (Fsp3) is 0.273. The van der Waals surface area contributed by atoms with Crippen molar-refractivity contribution in [2.75, 3.05) is 6.54 Å². The Kier molecular flexibility index (Phi) is 3.88. The van der Waals surface area contributed by atoms with Gasteiger partial charge < -0.3 is 5.32 Å². The Morgan fingerprint density at radius 1 is 1.50 bits per heavy atom. The first-order chi connectivity index (χ1) is 8.65. The van der Waals surface area contributed by atoms with Gasteiger partial charge in [-0.2, -0.15) is 5.10 Å². The zero-order valence-electron chi connectivity index (χ0n) is 9.80. The van der Waals surface area contributed by atoms with Crippen molar-refractivity contribution in [3.8, 4) is 0 Å². The summed E-state index contributed by atoms with van der Waals surface area (Å²) in [4.78, 5) is 19.7. The Morgan fingerprint density at radius 2 is 2.33 bits per heavy atom. The van der Waals surface area contributed by atoms with Gasteiger partial charge in [-0.05, 0) is 12.1 Å². The van der Waals surface area contributed by atoms with Crippen LogP contribution >= 0.6 is 11.6 Å². The van der Waals surface area contributed by atoms with E-state index >= 15 is 0 Å². The van der Waals surface area contributed by atoms with Crippen LogP contribution in [-0.4, -0.2) is 32.2 Å². The van der Waals surface area contributed by atoms with Gasteiger partial charge in [-0.3, -0.25) is 9.48 Å². The molecule has 0 fully saturated rings. The van der Waals surface area contributed by atoms with E-state index in [2.05, 4.69) is 20.4 Å². The van der Waals surface area contributed by atoms with Crippen molar-refractivity contribution in [2.24, 2.45) is 7.05 Å². The molecule has 0 aliphatic heterocycles. The minimum Gasteiger partial charge on any atom is -0.350 e. The zero-order chi connectivity index (χ0) is 13.0. The van der Waals surface area contributed by atoms with Crippen LogP contribution in [0.25, 0.3) is 0 Å². The van der Waals surface area contributed by atoms with Gasteiger partial charge in [0.2, 0.25) is 0 Å². The molecule has 0 bridgehead atoms. The van der Waals surface area contributed by atoms with Gasteiger partial charge in [0.05, 0.1) is 0 Å². The molecule has 6 nitrogen and oxygen atoms in total. The van der Waals surface area contributed by atoms with Crippen molar-refractivity contribution < 1.29 is 4.79 Å². The monoisotopic (exact) mass is 265 g/mol. The molecule has 2 aromatic heterocycles. The number of amides is 1. The van der Waals surface area contributed by atoms with Crippen molar-refractivity contribution >= 4 is 17.5 Å². The van der Waals surface area contributed by atoms with Gasteiger partial charge in [-0.1, -0.05) is 17.7 Å². The molecule has 0 aromatic carbocycles. The topological polar surface area (TPSA) is 72.7 Å². The lowest BCUT2D eigenvalue weighted by Gasteiger charge is -2.03. The van der Waals surface area contributed by atoms with Crippen LogP contribution in [0.3, 0.4) is 0 Å². The molecule has 0 atom stereocenters. The summed E-state index contributed by atoms with van der Waals surface area (Å²) >= 11 is 5.71. The Balaban J connectivity index is 1.85. The fourth-order valence-electron chi connectivity index (χ4n) is 1.41. The van der Waals surface area contributed by atoms with Crippen LogP contribution in [0.4, 0.5) is 0 Å². The average molecular weight is 266 g/mol. The number of aryl methyl sites for hydroxylation is 1. The minimum atomic E-state index is -0.256. The van der Waals surface area contributed by atoms with Crippen LogP contribution < -0.4 is 5.32 Å². The first-order valence-electron chi connectivity index (χ1n) is 5.40. The summed E-state index contributed by atoms with van der Waals surface area (Å²) in [6.07, 6.45) is 2.20. The van der Waals surface area contributed by atoms with Crippen LogP contribution in [0.2, 0.25) is 5.15 Å². The lowest BCUT2D eigenvalue weighted by Crippen LogP contribution is -2.26. The van der Waals surface area contributed by atoms with Crippen molar-refractivity contribution in [3.63, 3.8) is 0 Å². The SMILES string of the molecule is Cn1cnc(CCNC(=O)c2cccc(Cl)n2)n1. The summed E-state index contributed by atoms with van der Waals surface area (Å²) in [5, 5.41) is 7.15. The second kappa shape index (κ2) is 5.59. The number of pyridine rings is 1. The van der Waals surface area contributed by atoms with Crippen LogP contribution in [0.15, 0.2) is 24.5 Å². The molecule has 0 aliphatic carbocycles. The van der Waals surface area contributed by atoms with Crippen molar-refractivity contribution in [1.29, 1.82) is 0 Å². The van der Waals surface area contributed by atoms with E-state index in [1.165, 1.54) is 0 Å². The standard InChI is InChI=1S/C11H12ClN5O/c1-17-7-14-10(16-17)5-6-13-11(18)8-3-2-4-9(12)15-8/h2-4,7H,5-6H2,1H3,(H,13,18). The third-order valence-electron chi connectivity index (χ3n) is 2.23. The highest BCUT2D eigenvalue weighted by molar-refractivity contribution is 6.29. The molecule has 0 radical (unpaired) electrons. The summed E-state index contributed by atoms with van der Waals surface area (Å²) in [6.45, 7) is 0.455. The number of rotatable bonds is 4. The number of aromatic nitrogens is 4. The van der Waals surface area contributed by atoms with Gasteiger partial charge in [0.1, 0.15) is 17.2 Å². The predicted octanol–water partition coefficient (Wildman–Crippen LogP) is 0.836. The molecule has 2 aromatic rings. The third kappa shape index (κ3) is 3.27. The predicted molar refractivity (Wildman–Crippen MR) is 66.3 cm³/mol. The second-order valence-corrected chi connectivity index (χ2v) is 4.07. The normalized spacial score (nSPS) is 10.3. The molecule has 18 heavy (non-hydrogen) atoms. The molecule has 0 spiro atoms. The maximum absolute atomic E-state index is 11.7. The molecule has 0 unspecified atom stereocenters. The molecule has 1 N–H and O–H groups in total. The molecule has 0 saturated carbocycles. The molecular weight excluding hydrogens is 254 g/mol. The van der Waals surface area contributed by atoms with E-state index in [0.717, 1.165) is 0 Å². The van der Waals surface area contributed by atoms with Gasteiger partial charge in [0.25, 0.3) is 5.91 Å². The number of hydrogen-bond acceptors (Lipinski definition) is 4. The van der Waals surface area contributed by atoms with Gasteiger partial charge in [-0.25, -0.2) is 9.97 Å². The van der Waals surface area contributed by atoms with E-state index in [4.69, 9.17) is 11.6 Å². The summed E-state index contributed by atoms with van der Waals surface area (Å²) in [6, 6.07) is 4.92. The zero-order valence-corrected chi connectivity index (χ0v) is 10.6. The lowest BCUT2D eigenvalue weighted by molar-refractivity contribution is 0.0949. The quantitative estimate of drug-likeness (QED) is 0.832. The van der Waals surface area contributed by atoms with Gasteiger partial charge in [0.15, 0.2) is 5.82 Å². The Morgan fingerprint density at radius 3 is 3.00 bits per heavy atom. The molecule has 0 aliphatic rings. The average Bonchev–Trinajstić information content (AvgIpc) is 2.75. The van der Waals surface area contributed by atoms with Crippen LogP contribution in [0, 0.1) is 0 Å². The fourth-order valence-corrected chi connectivity index (χ4v) is 1.58. The summed E-state index contributed by atoms with van der Waals surface area (Å²) < 4.78 is 1.62. The first kappa shape index (κ1) is 12.5. The maximum atomic E-state index is 11.7. The Labute approximate surface area is 109 Å². The molecule has 2 rings (SSSR count). The molecular formula is C11H12ClN5O. The van der Waals surface area contributed by atoms with E-state index in [1.807, 2.05) is 0 Å². The van der Waals surface area contributed by atoms with E-state index in [0.29, 0.717) is 29.6 Å². The van der Waals surface area contributed by atoms with E-state index in [9.17, 15) is 4.79 Å². The highest BCUT2D eigenvalue weighted by Gasteiger charge is 2.07. The Hall–Kier alpha value is -1.95. The number of nitrogens with zero attached hydrogens (tertiary/aromatic N) is 4. The largest absolute Gasteiger partial charge is 0.350 e. The van der Waals surface area contributed by atoms with Crippen molar-refractivity contribution in [3.05, 3.63) is 41.2 Å². The second-order valence-electron chi connectivity index (χ2n) is 3.69. The highest BCUT2D eigenvalue weighted by atomic mass is 35.5. The molecule has 2 heterocycles. The van der Waals surface area contributed by atoms with Crippen molar-refractivity contribution in [2.45, 2.75) is 6.42 Å². The summed E-state index contributed by atoms with van der Waals surface area (Å²) in [5.41, 5.74) is 0.302. The van der Waals surface area contributed by atoms with Crippen LogP contribution in [0.1, 0.15) is 16.3 Å². The van der Waals surface area contributed by atoms with Gasteiger partial charge in [0, 0.05) is 20.0 Å². The number of carbonyl (C=O) groups excluding carboxylic acids is 1. The van der Waals surface area contributed by atoms with Crippen molar-refractivity contribution in [1.82, 2.24) is 25.1 Å². The summed E-state index contributed by atoms with van der Waals surface area (Å²) in [5.74, 6) is 0.435. The minimum absolute atomic E-state index is 0.256. The number of halogens is 1. The van der Waals surface area contributed by atoms with E-state index in [-0.39, 0.29) is 5.91 Å². The smallest absolute Gasteiger partial charge is 0.269 e.